The number of nitrogens with zero attached hydrogens (tertiary/aromatic N) is 2. The summed E-state index contributed by atoms with van der Waals surface area (Å²) >= 11 is 3.15. The Bertz CT molecular complexity index is 1420. The third-order valence-electron chi connectivity index (χ3n) is 5.57. The number of rotatable bonds is 6. The number of thioether (sulfide) groups is 1. The van der Waals surface area contributed by atoms with E-state index in [-0.39, 0.29) is 5.56 Å². The molecule has 0 saturated heterocycles. The number of likely N-dealkylation sites (N-methyl/N-ethyl adjacent to an activating group) is 1. The molecule has 0 N–H and O–H groups in total. The van der Waals surface area contributed by atoms with Crippen LogP contribution in [0.4, 0.5) is 5.69 Å². The van der Waals surface area contributed by atoms with Crippen LogP contribution in [-0.2, 0) is 6.54 Å². The van der Waals surface area contributed by atoms with Crippen LogP contribution in [0.15, 0.2) is 87.6 Å². The van der Waals surface area contributed by atoms with Crippen LogP contribution < -0.4 is 19.7 Å². The lowest BCUT2D eigenvalue weighted by molar-refractivity contribution is 0.723. The van der Waals surface area contributed by atoms with Gasteiger partial charge >= 0.3 is 0 Å². The van der Waals surface area contributed by atoms with Crippen molar-refractivity contribution in [1.82, 2.24) is 4.57 Å². The van der Waals surface area contributed by atoms with Crippen LogP contribution in [0.25, 0.3) is 18.2 Å². The molecule has 5 heteroatoms. The van der Waals surface area contributed by atoms with Gasteiger partial charge in [0.25, 0.3) is 5.56 Å². The van der Waals surface area contributed by atoms with Crippen LogP contribution in [-0.4, -0.2) is 11.1 Å². The first kappa shape index (κ1) is 23.1. The third kappa shape index (κ3) is 5.00. The Morgan fingerprint density at radius 3 is 2.55 bits per heavy atom. The summed E-state index contributed by atoms with van der Waals surface area (Å²) in [4.78, 5) is 17.4. The van der Waals surface area contributed by atoms with Crippen molar-refractivity contribution < 1.29 is 0 Å². The second-order valence-corrected chi connectivity index (χ2v) is 9.96. The topological polar surface area (TPSA) is 25.2 Å². The minimum atomic E-state index is 0.0440. The summed E-state index contributed by atoms with van der Waals surface area (Å²) in [5.41, 5.74) is 4.75. The van der Waals surface area contributed by atoms with E-state index in [1.54, 1.807) is 11.8 Å². The zero-order chi connectivity index (χ0) is 23.4. The molecule has 1 aromatic heterocycles. The van der Waals surface area contributed by atoms with E-state index in [2.05, 4.69) is 73.9 Å². The zero-order valence-corrected chi connectivity index (χ0v) is 20.9. The minimum Gasteiger partial charge on any atom is -0.341 e. The van der Waals surface area contributed by atoms with E-state index in [0.29, 0.717) is 6.54 Å². The number of anilines is 1. The number of aromatic nitrogens is 1. The molecular formula is C28H28N2OS2. The average molecular weight is 473 g/mol. The van der Waals surface area contributed by atoms with E-state index in [1.807, 2.05) is 41.9 Å². The summed E-state index contributed by atoms with van der Waals surface area (Å²) in [6, 6.07) is 16.6. The molecule has 0 unspecified atom stereocenters. The van der Waals surface area contributed by atoms with Gasteiger partial charge in [0.2, 0.25) is 0 Å². The van der Waals surface area contributed by atoms with Crippen LogP contribution in [0.1, 0.15) is 25.0 Å². The molecule has 3 aromatic rings. The van der Waals surface area contributed by atoms with Crippen molar-refractivity contribution in [3.05, 3.63) is 109 Å². The van der Waals surface area contributed by atoms with Crippen LogP contribution in [0.2, 0.25) is 0 Å². The standard InChI is InChI=1S/C28H28N2OS2/c1-5-29-23(16-15-22-12-8-9-13-24(22)29)17-18-26-28(31)30(6-2)27(33-26)19-21(4)32-25-14-10-7-11-20(25)3/h7-19H,4-6H2,1-3H3. The smallest absolute Gasteiger partial charge is 0.269 e. The van der Waals surface area contributed by atoms with Gasteiger partial charge in [-0.2, -0.15) is 0 Å². The number of aryl methyl sites for hydroxylation is 1. The minimum absolute atomic E-state index is 0.0440. The Balaban J connectivity index is 1.69. The number of allylic oxidation sites excluding steroid dienone is 3. The second kappa shape index (κ2) is 10.3. The molecule has 0 aliphatic carbocycles. The number of hydrogen-bond donors (Lipinski definition) is 0. The third-order valence-corrected chi connectivity index (χ3v) is 7.70. The average Bonchev–Trinajstić information content (AvgIpc) is 3.12. The Labute approximate surface area is 203 Å². The highest BCUT2D eigenvalue weighted by Crippen LogP contribution is 2.30. The number of hydrogen-bond acceptors (Lipinski definition) is 4. The monoisotopic (exact) mass is 472 g/mol. The van der Waals surface area contributed by atoms with Gasteiger partial charge in [-0.1, -0.05) is 60.8 Å². The molecule has 0 spiro atoms. The largest absolute Gasteiger partial charge is 0.341 e. The first-order valence-electron chi connectivity index (χ1n) is 11.1. The van der Waals surface area contributed by atoms with Crippen LogP contribution in [0, 0.1) is 6.92 Å². The van der Waals surface area contributed by atoms with Gasteiger partial charge in [0.15, 0.2) is 0 Å². The van der Waals surface area contributed by atoms with Crippen molar-refractivity contribution >= 4 is 47.0 Å². The summed E-state index contributed by atoms with van der Waals surface area (Å²) < 4.78 is 3.48. The fourth-order valence-corrected chi connectivity index (χ4v) is 5.86. The molecule has 0 amide bonds. The molecule has 3 nitrogen and oxygen atoms in total. The molecule has 0 bridgehead atoms. The Morgan fingerprint density at radius 2 is 1.79 bits per heavy atom. The van der Waals surface area contributed by atoms with Gasteiger partial charge in [-0.25, -0.2) is 0 Å². The van der Waals surface area contributed by atoms with Crippen LogP contribution >= 0.6 is 23.1 Å². The van der Waals surface area contributed by atoms with E-state index in [0.717, 1.165) is 26.3 Å². The predicted octanol–water partition coefficient (Wildman–Crippen LogP) is 5.54. The van der Waals surface area contributed by atoms with E-state index in [1.165, 1.54) is 33.0 Å². The maximum atomic E-state index is 13.1. The van der Waals surface area contributed by atoms with Gasteiger partial charge in [0, 0.05) is 34.3 Å². The number of para-hydroxylation sites is 1. The molecular weight excluding hydrogens is 444 g/mol. The Kier molecular flexibility index (Phi) is 7.21. The van der Waals surface area contributed by atoms with E-state index in [4.69, 9.17) is 0 Å². The lowest BCUT2D eigenvalue weighted by Crippen LogP contribution is -2.30. The molecule has 0 saturated carbocycles. The van der Waals surface area contributed by atoms with E-state index < -0.39 is 0 Å². The fraction of sp³-hybridized carbons (Fsp3) is 0.179. The van der Waals surface area contributed by atoms with Gasteiger partial charge in [-0.15, -0.1) is 11.3 Å². The molecule has 2 heterocycles. The van der Waals surface area contributed by atoms with E-state index in [9.17, 15) is 4.79 Å². The second-order valence-electron chi connectivity index (χ2n) is 7.73. The molecule has 4 rings (SSSR count). The molecule has 0 radical (unpaired) electrons. The molecule has 33 heavy (non-hydrogen) atoms. The molecule has 0 atom stereocenters. The van der Waals surface area contributed by atoms with Crippen molar-refractivity contribution in [1.29, 1.82) is 0 Å². The predicted molar refractivity (Wildman–Crippen MR) is 145 cm³/mol. The lowest BCUT2D eigenvalue weighted by atomic mass is 10.1. The zero-order valence-electron chi connectivity index (χ0n) is 19.2. The first-order valence-corrected chi connectivity index (χ1v) is 12.8. The summed E-state index contributed by atoms with van der Waals surface area (Å²) in [7, 11) is 0. The highest BCUT2D eigenvalue weighted by atomic mass is 32.2. The van der Waals surface area contributed by atoms with Crippen molar-refractivity contribution in [2.24, 2.45) is 0 Å². The summed E-state index contributed by atoms with van der Waals surface area (Å²) in [5.74, 6) is 0. The number of fused-ring (bicyclic) bond motifs is 1. The van der Waals surface area contributed by atoms with Gasteiger partial charge in [0.1, 0.15) is 0 Å². The van der Waals surface area contributed by atoms with Crippen molar-refractivity contribution in [3.63, 3.8) is 0 Å². The highest BCUT2D eigenvalue weighted by molar-refractivity contribution is 8.03. The van der Waals surface area contributed by atoms with Crippen molar-refractivity contribution in [3.8, 4) is 0 Å². The number of benzene rings is 2. The Morgan fingerprint density at radius 1 is 1.03 bits per heavy atom. The molecule has 1 aliphatic rings. The molecule has 1 aliphatic heterocycles. The van der Waals surface area contributed by atoms with Crippen molar-refractivity contribution in [2.45, 2.75) is 32.2 Å². The number of thiazole rings is 1. The van der Waals surface area contributed by atoms with Gasteiger partial charge in [0.05, 0.1) is 9.20 Å². The maximum Gasteiger partial charge on any atom is 0.269 e. The lowest BCUT2D eigenvalue weighted by Gasteiger charge is -2.29. The molecule has 2 aromatic carbocycles. The Hall–Kier alpha value is -3.02. The van der Waals surface area contributed by atoms with Gasteiger partial charge in [-0.05, 0) is 68.3 Å². The SMILES string of the molecule is C=C(C=c1sc(=CC=C2C=Cc3ccccc3N2CC)c(=O)n1CC)Sc1ccccc1C. The van der Waals surface area contributed by atoms with Gasteiger partial charge in [-0.3, -0.25) is 9.36 Å². The van der Waals surface area contributed by atoms with Gasteiger partial charge < -0.3 is 4.90 Å². The van der Waals surface area contributed by atoms with Crippen molar-refractivity contribution in [2.75, 3.05) is 11.4 Å². The maximum absolute atomic E-state index is 13.1. The fourth-order valence-electron chi connectivity index (χ4n) is 3.87. The molecule has 168 valence electrons. The summed E-state index contributed by atoms with van der Waals surface area (Å²) in [5, 5.41) is 0. The quantitative estimate of drug-likeness (QED) is 0.440. The van der Waals surface area contributed by atoms with Crippen LogP contribution in [0.3, 0.4) is 0 Å². The van der Waals surface area contributed by atoms with E-state index >= 15 is 0 Å². The summed E-state index contributed by atoms with van der Waals surface area (Å²) in [6.07, 6.45) is 10.3. The van der Waals surface area contributed by atoms with Crippen LogP contribution in [0.5, 0.6) is 0 Å². The normalized spacial score (nSPS) is 15.4. The summed E-state index contributed by atoms with van der Waals surface area (Å²) in [6.45, 7) is 12.0. The highest BCUT2D eigenvalue weighted by Gasteiger charge is 2.14. The molecule has 0 fully saturated rings. The first-order chi connectivity index (χ1) is 16.0.